The fraction of sp³-hybridized carbons (Fsp3) is 0.882. The predicted octanol–water partition coefficient (Wildman–Crippen LogP) is 2.82. The van der Waals surface area contributed by atoms with Crippen molar-refractivity contribution in [2.24, 2.45) is 5.92 Å². The summed E-state index contributed by atoms with van der Waals surface area (Å²) in [5.41, 5.74) is -0.506. The highest BCUT2D eigenvalue weighted by atomic mass is 16.6. The maximum Gasteiger partial charge on any atom is 0.410 e. The van der Waals surface area contributed by atoms with Gasteiger partial charge >= 0.3 is 12.1 Å². The van der Waals surface area contributed by atoms with Crippen LogP contribution in [0.15, 0.2) is 0 Å². The van der Waals surface area contributed by atoms with Gasteiger partial charge < -0.3 is 19.6 Å². The van der Waals surface area contributed by atoms with Crippen LogP contribution < -0.4 is 0 Å². The molecule has 0 bridgehead atoms. The van der Waals surface area contributed by atoms with Gasteiger partial charge in [-0.05, 0) is 66.5 Å². The number of amides is 1. The third-order valence-corrected chi connectivity index (χ3v) is 4.14. The monoisotopic (exact) mass is 328 g/mol. The lowest BCUT2D eigenvalue weighted by Gasteiger charge is -2.38. The second-order valence-corrected chi connectivity index (χ2v) is 7.75. The Kier molecular flexibility index (Phi) is 7.32. The number of hydrogen-bond donors (Lipinski definition) is 1. The Morgan fingerprint density at radius 1 is 1.09 bits per heavy atom. The summed E-state index contributed by atoms with van der Waals surface area (Å²) < 4.78 is 5.55. The average Bonchev–Trinajstić information content (AvgIpc) is 2.37. The minimum absolute atomic E-state index is 0.148. The Morgan fingerprint density at radius 3 is 2.09 bits per heavy atom. The van der Waals surface area contributed by atoms with E-state index in [-0.39, 0.29) is 24.5 Å². The molecular formula is C17H32N2O4. The number of ether oxygens (including phenoxy) is 1. The molecule has 1 aliphatic rings. The Balaban J connectivity index is 2.65. The van der Waals surface area contributed by atoms with Gasteiger partial charge in [0.05, 0.1) is 0 Å². The summed E-state index contributed by atoms with van der Waals surface area (Å²) in [6.07, 6.45) is 3.39. The Bertz CT molecular complexity index is 396. The second kappa shape index (κ2) is 8.52. The molecule has 0 aromatic carbocycles. The zero-order valence-corrected chi connectivity index (χ0v) is 15.2. The van der Waals surface area contributed by atoms with Crippen molar-refractivity contribution in [3.8, 4) is 0 Å². The van der Waals surface area contributed by atoms with Gasteiger partial charge in [0, 0.05) is 25.6 Å². The van der Waals surface area contributed by atoms with Crippen LogP contribution in [0.3, 0.4) is 0 Å². The summed E-state index contributed by atoms with van der Waals surface area (Å²) in [6, 6.07) is 0.148. The first kappa shape index (κ1) is 19.7. The summed E-state index contributed by atoms with van der Waals surface area (Å²) in [4.78, 5) is 27.2. The maximum atomic E-state index is 12.5. The predicted molar refractivity (Wildman–Crippen MR) is 89.5 cm³/mol. The van der Waals surface area contributed by atoms with Crippen molar-refractivity contribution in [2.45, 2.75) is 64.5 Å². The molecule has 0 aromatic heterocycles. The minimum Gasteiger partial charge on any atom is -0.481 e. The lowest BCUT2D eigenvalue weighted by molar-refractivity contribution is -0.138. The molecule has 0 aromatic rings. The van der Waals surface area contributed by atoms with Crippen LogP contribution in [0.2, 0.25) is 0 Å². The molecule has 134 valence electrons. The van der Waals surface area contributed by atoms with E-state index in [9.17, 15) is 9.59 Å². The molecule has 1 rings (SSSR count). The molecule has 1 amide bonds. The molecule has 1 saturated carbocycles. The van der Waals surface area contributed by atoms with E-state index in [1.54, 1.807) is 0 Å². The van der Waals surface area contributed by atoms with Crippen LogP contribution in [0, 0.1) is 5.92 Å². The van der Waals surface area contributed by atoms with Gasteiger partial charge in [-0.2, -0.15) is 0 Å². The van der Waals surface area contributed by atoms with Gasteiger partial charge in [0.2, 0.25) is 0 Å². The summed E-state index contributed by atoms with van der Waals surface area (Å²) in [5, 5.41) is 8.91. The van der Waals surface area contributed by atoms with Crippen LogP contribution in [0.4, 0.5) is 4.79 Å². The normalized spacial score (nSPS) is 22.0. The van der Waals surface area contributed by atoms with Gasteiger partial charge in [0.1, 0.15) is 5.60 Å². The number of carboxylic acids is 1. The van der Waals surface area contributed by atoms with E-state index in [2.05, 4.69) is 0 Å². The first-order valence-corrected chi connectivity index (χ1v) is 8.44. The van der Waals surface area contributed by atoms with Crippen LogP contribution in [-0.4, -0.2) is 65.8 Å². The maximum absolute atomic E-state index is 12.5. The molecular weight excluding hydrogens is 296 g/mol. The van der Waals surface area contributed by atoms with Crippen LogP contribution in [0.25, 0.3) is 0 Å². The van der Waals surface area contributed by atoms with Crippen molar-refractivity contribution >= 4 is 12.1 Å². The van der Waals surface area contributed by atoms with Crippen molar-refractivity contribution in [2.75, 3.05) is 27.2 Å². The SMILES string of the molecule is CN(C)CCN(C(=O)OC(C)(C)C)[C@H]1CC[C@H](CC(=O)O)CC1. The molecule has 6 heteroatoms. The molecule has 1 N–H and O–H groups in total. The highest BCUT2D eigenvalue weighted by molar-refractivity contribution is 5.68. The molecule has 1 fully saturated rings. The number of hydrogen-bond acceptors (Lipinski definition) is 4. The average molecular weight is 328 g/mol. The number of aliphatic carboxylic acids is 1. The Labute approximate surface area is 139 Å². The highest BCUT2D eigenvalue weighted by Gasteiger charge is 2.32. The van der Waals surface area contributed by atoms with Gasteiger partial charge in [0.15, 0.2) is 0 Å². The number of likely N-dealkylation sites (N-methyl/N-ethyl adjacent to an activating group) is 1. The summed E-state index contributed by atoms with van der Waals surface area (Å²) in [7, 11) is 3.97. The largest absolute Gasteiger partial charge is 0.481 e. The van der Waals surface area contributed by atoms with E-state index in [1.165, 1.54) is 0 Å². The van der Waals surface area contributed by atoms with E-state index in [0.717, 1.165) is 32.2 Å². The molecule has 1 aliphatic carbocycles. The second-order valence-electron chi connectivity index (χ2n) is 7.75. The van der Waals surface area contributed by atoms with Crippen molar-refractivity contribution in [1.82, 2.24) is 9.80 Å². The summed E-state index contributed by atoms with van der Waals surface area (Å²) in [6.45, 7) is 7.04. The molecule has 0 spiro atoms. The number of carbonyl (C=O) groups excluding carboxylic acids is 1. The third-order valence-electron chi connectivity index (χ3n) is 4.14. The minimum atomic E-state index is -0.731. The Morgan fingerprint density at radius 2 is 1.65 bits per heavy atom. The van der Waals surface area contributed by atoms with Gasteiger partial charge in [-0.1, -0.05) is 0 Å². The van der Waals surface area contributed by atoms with Gasteiger partial charge in [-0.3, -0.25) is 4.79 Å². The zero-order valence-electron chi connectivity index (χ0n) is 15.2. The van der Waals surface area contributed by atoms with Crippen LogP contribution >= 0.6 is 0 Å². The van der Waals surface area contributed by atoms with Crippen LogP contribution in [0.5, 0.6) is 0 Å². The number of carboxylic acid groups (broad SMARTS) is 1. The molecule has 0 radical (unpaired) electrons. The molecule has 0 heterocycles. The molecule has 0 aliphatic heterocycles. The van der Waals surface area contributed by atoms with E-state index in [1.807, 2.05) is 44.7 Å². The van der Waals surface area contributed by atoms with E-state index in [0.29, 0.717) is 6.54 Å². The molecule has 0 saturated heterocycles. The summed E-state index contributed by atoms with van der Waals surface area (Å²) in [5.74, 6) is -0.497. The molecule has 0 unspecified atom stereocenters. The van der Waals surface area contributed by atoms with Crippen molar-refractivity contribution < 1.29 is 19.4 Å². The van der Waals surface area contributed by atoms with E-state index >= 15 is 0 Å². The van der Waals surface area contributed by atoms with Gasteiger partial charge in [-0.15, -0.1) is 0 Å². The number of rotatable bonds is 6. The topological polar surface area (TPSA) is 70.1 Å². The number of carbonyl (C=O) groups is 2. The fourth-order valence-electron chi connectivity index (χ4n) is 2.96. The van der Waals surface area contributed by atoms with Gasteiger partial charge in [0.25, 0.3) is 0 Å². The molecule has 23 heavy (non-hydrogen) atoms. The Hall–Kier alpha value is -1.30. The first-order chi connectivity index (χ1) is 10.6. The lowest BCUT2D eigenvalue weighted by atomic mass is 9.83. The lowest BCUT2D eigenvalue weighted by Crippen LogP contribution is -2.47. The van der Waals surface area contributed by atoms with Crippen LogP contribution in [-0.2, 0) is 9.53 Å². The summed E-state index contributed by atoms with van der Waals surface area (Å²) >= 11 is 0. The van der Waals surface area contributed by atoms with Crippen LogP contribution in [0.1, 0.15) is 52.9 Å². The van der Waals surface area contributed by atoms with Crippen molar-refractivity contribution in [1.29, 1.82) is 0 Å². The zero-order chi connectivity index (χ0) is 17.6. The van der Waals surface area contributed by atoms with E-state index in [4.69, 9.17) is 9.84 Å². The third kappa shape index (κ3) is 7.68. The smallest absolute Gasteiger partial charge is 0.410 e. The van der Waals surface area contributed by atoms with E-state index < -0.39 is 11.6 Å². The molecule has 6 nitrogen and oxygen atoms in total. The van der Waals surface area contributed by atoms with Crippen molar-refractivity contribution in [3.63, 3.8) is 0 Å². The fourth-order valence-corrected chi connectivity index (χ4v) is 2.96. The first-order valence-electron chi connectivity index (χ1n) is 8.44. The standard InChI is InChI=1S/C17H32N2O4/c1-17(2,3)23-16(22)19(11-10-18(4)5)14-8-6-13(7-9-14)12-15(20)21/h13-14H,6-12H2,1-5H3,(H,20,21)/t13-,14-. The molecule has 0 atom stereocenters. The quantitative estimate of drug-likeness (QED) is 0.812. The highest BCUT2D eigenvalue weighted by Crippen LogP contribution is 2.30. The van der Waals surface area contributed by atoms with Crippen molar-refractivity contribution in [3.05, 3.63) is 0 Å². The number of nitrogens with zero attached hydrogens (tertiary/aromatic N) is 2. The van der Waals surface area contributed by atoms with Gasteiger partial charge in [-0.25, -0.2) is 4.79 Å².